The molecule has 1 N–H and O–H groups in total. The van der Waals surface area contributed by atoms with E-state index in [0.717, 1.165) is 51.8 Å². The van der Waals surface area contributed by atoms with Crippen molar-refractivity contribution in [2.24, 2.45) is 5.92 Å². The molecule has 0 amide bonds. The molecule has 102 valence electrons. The molecule has 0 aromatic carbocycles. The van der Waals surface area contributed by atoms with Gasteiger partial charge in [0.25, 0.3) is 0 Å². The van der Waals surface area contributed by atoms with Crippen molar-refractivity contribution >= 4 is 0 Å². The Kier molecular flexibility index (Phi) is 12.1. The number of ether oxygens (including phenoxy) is 1. The molecule has 1 rings (SSSR count). The van der Waals surface area contributed by atoms with E-state index in [4.69, 9.17) is 4.74 Å². The van der Waals surface area contributed by atoms with E-state index >= 15 is 0 Å². The molecule has 1 saturated heterocycles. The zero-order chi connectivity index (χ0) is 12.7. The molecule has 0 spiro atoms. The van der Waals surface area contributed by atoms with Gasteiger partial charge in [-0.1, -0.05) is 13.8 Å². The Balaban J connectivity index is 0.00000289. The van der Waals surface area contributed by atoms with Crippen LogP contribution in [-0.2, 0) is 4.74 Å². The number of likely N-dealkylation sites (N-methyl/N-ethyl adjacent to an activating group) is 1. The van der Waals surface area contributed by atoms with Crippen molar-refractivity contribution < 1.29 is 56.1 Å². The van der Waals surface area contributed by atoms with Crippen LogP contribution < -0.4 is 56.7 Å². The third-order valence-corrected chi connectivity index (χ3v) is 2.90. The van der Waals surface area contributed by atoms with Gasteiger partial charge in [0.05, 0.1) is 12.7 Å². The molecular formula is C13H28KN3O. The van der Waals surface area contributed by atoms with Gasteiger partial charge in [-0.2, -0.15) is 0 Å². The van der Waals surface area contributed by atoms with Gasteiger partial charge in [0.2, 0.25) is 0 Å². The smallest absolute Gasteiger partial charge is 0.460 e. The fraction of sp³-hybridized carbons (Fsp3) is 0.923. The Bertz CT molecular complexity index is 203. The zero-order valence-electron chi connectivity index (χ0n) is 12.6. The summed E-state index contributed by atoms with van der Waals surface area (Å²) in [6.07, 6.45) is 0.316. The van der Waals surface area contributed by atoms with Crippen molar-refractivity contribution in [2.45, 2.75) is 20.0 Å². The molecule has 1 atom stereocenters. The summed E-state index contributed by atoms with van der Waals surface area (Å²) in [6.45, 7) is 11.6. The molecule has 1 heterocycles. The fourth-order valence-electron chi connectivity index (χ4n) is 2.07. The van der Waals surface area contributed by atoms with Gasteiger partial charge in [-0.3, -0.25) is 11.9 Å². The van der Waals surface area contributed by atoms with Crippen LogP contribution in [0.4, 0.5) is 0 Å². The molecule has 1 aliphatic rings. The summed E-state index contributed by atoms with van der Waals surface area (Å²) in [5, 5.41) is 3.48. The average Bonchev–Trinajstić information content (AvgIpc) is 2.24. The summed E-state index contributed by atoms with van der Waals surface area (Å²) in [4.78, 5) is 4.43. The third-order valence-electron chi connectivity index (χ3n) is 2.90. The van der Waals surface area contributed by atoms with Gasteiger partial charge in [-0.05, 0) is 26.1 Å². The maximum Gasteiger partial charge on any atom is 1.00 e. The van der Waals surface area contributed by atoms with Crippen LogP contribution in [0.15, 0.2) is 0 Å². The van der Waals surface area contributed by atoms with Crippen LogP contribution in [0.3, 0.4) is 0 Å². The van der Waals surface area contributed by atoms with Gasteiger partial charge in [-0.15, -0.1) is 0 Å². The molecule has 0 aromatic rings. The molecule has 0 radical (unpaired) electrons. The second kappa shape index (κ2) is 11.2. The summed E-state index contributed by atoms with van der Waals surface area (Å²) >= 11 is 0. The van der Waals surface area contributed by atoms with Gasteiger partial charge in [0, 0.05) is 26.2 Å². The Hall–Kier alpha value is 1.48. The molecule has 1 unspecified atom stereocenters. The maximum atomic E-state index is 5.72. The number of hydrogen-bond donors (Lipinski definition) is 1. The van der Waals surface area contributed by atoms with E-state index in [1.165, 1.54) is 0 Å². The first kappa shape index (κ1) is 19.5. The number of nitrogens with one attached hydrogen (secondary N) is 1. The molecule has 4 nitrogen and oxygen atoms in total. The minimum atomic E-state index is 0. The SMILES string of the molecule is [CH2-]N(C)CC1CN(CCNCC(C)C)CCO1.[K+]. The summed E-state index contributed by atoms with van der Waals surface area (Å²) in [7, 11) is 5.87. The molecular weight excluding hydrogens is 253 g/mol. The quantitative estimate of drug-likeness (QED) is 0.322. The van der Waals surface area contributed by atoms with Crippen molar-refractivity contribution in [3.05, 3.63) is 7.05 Å². The van der Waals surface area contributed by atoms with Crippen molar-refractivity contribution in [1.82, 2.24) is 15.1 Å². The first-order chi connectivity index (χ1) is 8.08. The molecule has 0 aliphatic carbocycles. The second-order valence-electron chi connectivity index (χ2n) is 5.43. The van der Waals surface area contributed by atoms with E-state index in [0.29, 0.717) is 6.10 Å². The maximum absolute atomic E-state index is 5.72. The fourth-order valence-corrected chi connectivity index (χ4v) is 2.07. The predicted octanol–water partition coefficient (Wildman–Crippen LogP) is -2.34. The number of rotatable bonds is 7. The first-order valence-corrected chi connectivity index (χ1v) is 6.64. The Labute approximate surface area is 155 Å². The van der Waals surface area contributed by atoms with Crippen molar-refractivity contribution in [2.75, 3.05) is 52.9 Å². The average molecular weight is 281 g/mol. The summed E-state index contributed by atoms with van der Waals surface area (Å²) < 4.78 is 5.72. The molecule has 1 aliphatic heterocycles. The van der Waals surface area contributed by atoms with Crippen LogP contribution in [0.25, 0.3) is 0 Å². The molecule has 0 saturated carbocycles. The second-order valence-corrected chi connectivity index (χ2v) is 5.43. The molecule has 0 aromatic heterocycles. The number of nitrogens with zero attached hydrogens (tertiary/aromatic N) is 2. The molecule has 0 bridgehead atoms. The van der Waals surface area contributed by atoms with Crippen LogP contribution in [0.1, 0.15) is 13.8 Å². The molecule has 18 heavy (non-hydrogen) atoms. The number of hydrogen-bond acceptors (Lipinski definition) is 4. The summed E-state index contributed by atoms with van der Waals surface area (Å²) in [5.74, 6) is 0.729. The van der Waals surface area contributed by atoms with E-state index in [2.05, 4.69) is 31.1 Å². The van der Waals surface area contributed by atoms with Crippen LogP contribution in [-0.4, -0.2) is 68.8 Å². The van der Waals surface area contributed by atoms with Crippen LogP contribution in [0.5, 0.6) is 0 Å². The van der Waals surface area contributed by atoms with E-state index in [-0.39, 0.29) is 51.4 Å². The van der Waals surface area contributed by atoms with Gasteiger partial charge < -0.3 is 15.0 Å². The first-order valence-electron chi connectivity index (χ1n) is 6.64. The van der Waals surface area contributed by atoms with Crippen molar-refractivity contribution in [1.29, 1.82) is 0 Å². The van der Waals surface area contributed by atoms with E-state index in [9.17, 15) is 0 Å². The Morgan fingerprint density at radius 3 is 2.83 bits per heavy atom. The molecule has 1 fully saturated rings. The van der Waals surface area contributed by atoms with Gasteiger partial charge in [0.15, 0.2) is 0 Å². The topological polar surface area (TPSA) is 27.7 Å². The third kappa shape index (κ3) is 9.39. The normalized spacial score (nSPS) is 21.3. The van der Waals surface area contributed by atoms with E-state index < -0.39 is 0 Å². The predicted molar refractivity (Wildman–Crippen MR) is 71.9 cm³/mol. The standard InChI is InChI=1S/C13H28N3O.K/c1-12(2)9-14-5-6-16-7-8-17-13(11-16)10-15(3)4;/h12-14H,3,5-11H2,1-2,4H3;/q-1;+1. The largest absolute Gasteiger partial charge is 1.00 e. The van der Waals surface area contributed by atoms with Gasteiger partial charge in [0.1, 0.15) is 0 Å². The van der Waals surface area contributed by atoms with Crippen LogP contribution in [0, 0.1) is 13.0 Å². The Morgan fingerprint density at radius 1 is 1.50 bits per heavy atom. The van der Waals surface area contributed by atoms with E-state index in [1.54, 1.807) is 0 Å². The zero-order valence-corrected chi connectivity index (χ0v) is 15.7. The van der Waals surface area contributed by atoms with Gasteiger partial charge in [-0.25, -0.2) is 0 Å². The summed E-state index contributed by atoms with van der Waals surface area (Å²) in [6, 6.07) is 0. The van der Waals surface area contributed by atoms with Crippen molar-refractivity contribution in [3.63, 3.8) is 0 Å². The summed E-state index contributed by atoms with van der Waals surface area (Å²) in [5.41, 5.74) is 0. The monoisotopic (exact) mass is 281 g/mol. The van der Waals surface area contributed by atoms with Crippen LogP contribution in [0.2, 0.25) is 0 Å². The number of morpholine rings is 1. The van der Waals surface area contributed by atoms with E-state index in [1.807, 2.05) is 11.9 Å². The minimum Gasteiger partial charge on any atom is -0.460 e. The van der Waals surface area contributed by atoms with Gasteiger partial charge >= 0.3 is 51.4 Å². The van der Waals surface area contributed by atoms with Crippen molar-refractivity contribution in [3.8, 4) is 0 Å². The molecule has 5 heteroatoms. The Morgan fingerprint density at radius 2 is 2.22 bits per heavy atom. The van der Waals surface area contributed by atoms with Crippen LogP contribution >= 0.6 is 0 Å². The minimum absolute atomic E-state index is 0.